The highest BCUT2D eigenvalue weighted by Gasteiger charge is 2.18. The predicted octanol–water partition coefficient (Wildman–Crippen LogP) is 1.86. The summed E-state index contributed by atoms with van der Waals surface area (Å²) in [4.78, 5) is 6.18. The van der Waals surface area contributed by atoms with Gasteiger partial charge >= 0.3 is 0 Å². The van der Waals surface area contributed by atoms with Gasteiger partial charge in [-0.05, 0) is 41.7 Å². The van der Waals surface area contributed by atoms with Crippen molar-refractivity contribution in [2.24, 2.45) is 4.99 Å². The van der Waals surface area contributed by atoms with E-state index in [2.05, 4.69) is 26.5 Å². The monoisotopic (exact) mass is 516 g/mol. The van der Waals surface area contributed by atoms with E-state index in [4.69, 9.17) is 4.74 Å². The molecule has 1 aromatic heterocycles. The smallest absolute Gasteiger partial charge is 0.213 e. The van der Waals surface area contributed by atoms with Crippen LogP contribution in [0.15, 0.2) is 21.8 Å². The van der Waals surface area contributed by atoms with Crippen molar-refractivity contribution in [1.29, 1.82) is 0 Å². The fourth-order valence-corrected chi connectivity index (χ4v) is 4.29. The lowest BCUT2D eigenvalue weighted by Gasteiger charge is -2.23. The Hall–Kier alpha value is -0.430. The van der Waals surface area contributed by atoms with Crippen LogP contribution in [-0.2, 0) is 21.3 Å². The maximum absolute atomic E-state index is 12.1. The zero-order valence-electron chi connectivity index (χ0n) is 15.3. The molecule has 1 aromatic rings. The fourth-order valence-electron chi connectivity index (χ4n) is 2.67. The molecule has 150 valence electrons. The minimum atomic E-state index is -3.32. The number of rotatable bonds is 8. The van der Waals surface area contributed by atoms with Gasteiger partial charge in [-0.2, -0.15) is 11.3 Å². The van der Waals surface area contributed by atoms with E-state index in [1.165, 1.54) is 5.56 Å². The minimum absolute atomic E-state index is 0. The first-order chi connectivity index (χ1) is 12.0. The molecule has 1 unspecified atom stereocenters. The topological polar surface area (TPSA) is 83.0 Å². The molecule has 0 amide bonds. The lowest BCUT2D eigenvalue weighted by atomic mass is 10.1. The zero-order chi connectivity index (χ0) is 18.1. The van der Waals surface area contributed by atoms with Crippen LogP contribution < -0.4 is 10.0 Å². The van der Waals surface area contributed by atoms with Gasteiger partial charge in [0.2, 0.25) is 10.0 Å². The van der Waals surface area contributed by atoms with Crippen molar-refractivity contribution in [1.82, 2.24) is 14.9 Å². The molecule has 1 aliphatic heterocycles. The van der Waals surface area contributed by atoms with E-state index in [0.717, 1.165) is 32.4 Å². The van der Waals surface area contributed by atoms with Crippen molar-refractivity contribution in [3.8, 4) is 0 Å². The Morgan fingerprint density at radius 1 is 1.46 bits per heavy atom. The molecule has 2 N–H and O–H groups in total. The summed E-state index contributed by atoms with van der Waals surface area (Å²) >= 11 is 1.65. The number of nitrogens with one attached hydrogen (secondary N) is 2. The summed E-state index contributed by atoms with van der Waals surface area (Å²) in [7, 11) is 0.300. The number of halogens is 1. The maximum Gasteiger partial charge on any atom is 0.213 e. The third-order valence-electron chi connectivity index (χ3n) is 4.03. The summed E-state index contributed by atoms with van der Waals surface area (Å²) in [6.45, 7) is 2.12. The maximum atomic E-state index is 12.1. The van der Waals surface area contributed by atoms with Gasteiger partial charge in [0, 0.05) is 40.3 Å². The van der Waals surface area contributed by atoms with Crippen LogP contribution in [0.4, 0.5) is 0 Å². The van der Waals surface area contributed by atoms with Crippen molar-refractivity contribution in [2.45, 2.75) is 31.9 Å². The number of thiophene rings is 1. The highest BCUT2D eigenvalue weighted by atomic mass is 127. The standard InChI is InChI=1S/C16H28N4O3S2.HI/c1-17-16(20(2)12-14-6-9-24-13-14)18-7-10-25(21,22)19-11-15-5-3-4-8-23-15;/h6,9,13,15,19H,3-5,7-8,10-12H2,1-2H3,(H,17,18);1H. The molecule has 1 saturated heterocycles. The van der Waals surface area contributed by atoms with E-state index in [1.807, 2.05) is 17.3 Å². The van der Waals surface area contributed by atoms with Crippen LogP contribution in [0.25, 0.3) is 0 Å². The molecule has 1 fully saturated rings. The van der Waals surface area contributed by atoms with Crippen LogP contribution in [0.5, 0.6) is 0 Å². The summed E-state index contributed by atoms with van der Waals surface area (Å²) in [6, 6.07) is 2.07. The lowest BCUT2D eigenvalue weighted by molar-refractivity contribution is 0.0200. The Kier molecular flexibility index (Phi) is 11.0. The number of aliphatic imine (C=N–C) groups is 1. The van der Waals surface area contributed by atoms with Crippen LogP contribution in [0.3, 0.4) is 0 Å². The number of sulfonamides is 1. The van der Waals surface area contributed by atoms with Crippen molar-refractivity contribution in [3.05, 3.63) is 22.4 Å². The normalized spacial score (nSPS) is 18.2. The van der Waals surface area contributed by atoms with Crippen LogP contribution in [0.2, 0.25) is 0 Å². The molecule has 26 heavy (non-hydrogen) atoms. The fraction of sp³-hybridized carbons (Fsp3) is 0.688. The van der Waals surface area contributed by atoms with Crippen molar-refractivity contribution < 1.29 is 13.2 Å². The van der Waals surface area contributed by atoms with E-state index in [0.29, 0.717) is 19.0 Å². The first-order valence-corrected chi connectivity index (χ1v) is 11.1. The molecule has 2 heterocycles. The molecule has 0 aromatic carbocycles. The van der Waals surface area contributed by atoms with Crippen LogP contribution in [0.1, 0.15) is 24.8 Å². The highest BCUT2D eigenvalue weighted by Crippen LogP contribution is 2.12. The summed E-state index contributed by atoms with van der Waals surface area (Å²) in [6.07, 6.45) is 3.08. The summed E-state index contributed by atoms with van der Waals surface area (Å²) in [5.74, 6) is 0.683. The molecular formula is C16H29IN4O3S2. The zero-order valence-corrected chi connectivity index (χ0v) is 19.3. The third kappa shape index (κ3) is 8.51. The largest absolute Gasteiger partial charge is 0.377 e. The number of guanidine groups is 1. The molecule has 7 nitrogen and oxygen atoms in total. The molecule has 0 spiro atoms. The van der Waals surface area contributed by atoms with Crippen molar-refractivity contribution >= 4 is 51.3 Å². The number of ether oxygens (including phenoxy) is 1. The Balaban J connectivity index is 0.00000338. The van der Waals surface area contributed by atoms with Gasteiger partial charge in [-0.25, -0.2) is 13.1 Å². The number of hydrogen-bond donors (Lipinski definition) is 2. The van der Waals surface area contributed by atoms with Crippen molar-refractivity contribution in [2.75, 3.05) is 39.5 Å². The highest BCUT2D eigenvalue weighted by molar-refractivity contribution is 14.0. The van der Waals surface area contributed by atoms with Gasteiger partial charge in [0.05, 0.1) is 11.9 Å². The van der Waals surface area contributed by atoms with E-state index in [9.17, 15) is 8.42 Å². The molecule has 1 atom stereocenters. The first kappa shape index (κ1) is 23.6. The second-order valence-corrected chi connectivity index (χ2v) is 8.82. The quantitative estimate of drug-likeness (QED) is 0.313. The van der Waals surface area contributed by atoms with E-state index < -0.39 is 10.0 Å². The summed E-state index contributed by atoms with van der Waals surface area (Å²) < 4.78 is 32.4. The second-order valence-electron chi connectivity index (χ2n) is 6.12. The van der Waals surface area contributed by atoms with E-state index in [1.54, 1.807) is 18.4 Å². The Bertz CT molecular complexity index is 632. The molecule has 0 bridgehead atoms. The van der Waals surface area contributed by atoms with Gasteiger partial charge in [-0.15, -0.1) is 24.0 Å². The van der Waals surface area contributed by atoms with E-state index >= 15 is 0 Å². The Morgan fingerprint density at radius 3 is 2.88 bits per heavy atom. The van der Waals surface area contributed by atoms with Gasteiger partial charge in [-0.3, -0.25) is 4.99 Å². The van der Waals surface area contributed by atoms with Crippen LogP contribution in [0, 0.1) is 0 Å². The molecule has 10 heteroatoms. The molecular weight excluding hydrogens is 487 g/mol. The summed E-state index contributed by atoms with van der Waals surface area (Å²) in [5.41, 5.74) is 1.21. The SMILES string of the molecule is CN=C(NCCS(=O)(=O)NCC1CCCCO1)N(C)Cc1ccsc1.I. The van der Waals surface area contributed by atoms with Crippen LogP contribution in [-0.4, -0.2) is 64.9 Å². The molecule has 1 aliphatic rings. The second kappa shape index (κ2) is 12.1. The minimum Gasteiger partial charge on any atom is -0.377 e. The van der Waals surface area contributed by atoms with Crippen LogP contribution >= 0.6 is 35.3 Å². The third-order valence-corrected chi connectivity index (χ3v) is 6.11. The van der Waals surface area contributed by atoms with Gasteiger partial charge in [-0.1, -0.05) is 0 Å². The first-order valence-electron chi connectivity index (χ1n) is 8.52. The van der Waals surface area contributed by atoms with Gasteiger partial charge < -0.3 is 15.0 Å². The van der Waals surface area contributed by atoms with Gasteiger partial charge in [0.25, 0.3) is 0 Å². The molecule has 2 rings (SSSR count). The average Bonchev–Trinajstić information content (AvgIpc) is 3.11. The number of nitrogens with zero attached hydrogens (tertiary/aromatic N) is 2. The molecule has 0 aliphatic carbocycles. The van der Waals surface area contributed by atoms with Gasteiger partial charge in [0.1, 0.15) is 0 Å². The Morgan fingerprint density at radius 2 is 2.27 bits per heavy atom. The number of hydrogen-bond acceptors (Lipinski definition) is 5. The summed E-state index contributed by atoms with van der Waals surface area (Å²) in [5, 5.41) is 7.23. The Labute approximate surface area is 177 Å². The molecule has 0 radical (unpaired) electrons. The lowest BCUT2D eigenvalue weighted by Crippen LogP contribution is -2.43. The average molecular weight is 516 g/mol. The van der Waals surface area contributed by atoms with E-state index in [-0.39, 0.29) is 35.8 Å². The van der Waals surface area contributed by atoms with Crippen molar-refractivity contribution in [3.63, 3.8) is 0 Å². The van der Waals surface area contributed by atoms with Gasteiger partial charge in [0.15, 0.2) is 5.96 Å². The predicted molar refractivity (Wildman–Crippen MR) is 118 cm³/mol. The molecule has 0 saturated carbocycles.